The molecule has 0 spiro atoms. The molecule has 0 radical (unpaired) electrons. The Morgan fingerprint density at radius 1 is 1.29 bits per heavy atom. The Labute approximate surface area is 133 Å². The van der Waals surface area contributed by atoms with E-state index < -0.39 is 5.60 Å². The minimum atomic E-state index is -0.527. The van der Waals surface area contributed by atoms with Crippen LogP contribution in [-0.2, 0) is 6.54 Å². The number of rotatable bonds is 2. The minimum Gasteiger partial charge on any atom is -0.390 e. The van der Waals surface area contributed by atoms with Gasteiger partial charge in [-0.3, -0.25) is 4.90 Å². The van der Waals surface area contributed by atoms with Gasteiger partial charge in [-0.1, -0.05) is 11.6 Å². The van der Waals surface area contributed by atoms with Gasteiger partial charge in [0.2, 0.25) is 0 Å². The van der Waals surface area contributed by atoms with Gasteiger partial charge in [-0.15, -0.1) is 11.3 Å². The number of aryl methyl sites for hydroxylation is 2. The SMILES string of the molecule is Cc1sc2nc(CN3CCC(C)(O)CC3)nc(Cl)c2c1C. The highest BCUT2D eigenvalue weighted by Gasteiger charge is 2.27. The topological polar surface area (TPSA) is 49.2 Å². The summed E-state index contributed by atoms with van der Waals surface area (Å²) in [4.78, 5) is 13.6. The van der Waals surface area contributed by atoms with E-state index in [2.05, 4.69) is 28.7 Å². The largest absolute Gasteiger partial charge is 0.390 e. The van der Waals surface area contributed by atoms with Crippen molar-refractivity contribution in [2.45, 2.75) is 45.8 Å². The summed E-state index contributed by atoms with van der Waals surface area (Å²) in [6.45, 7) is 8.49. The smallest absolute Gasteiger partial charge is 0.145 e. The van der Waals surface area contributed by atoms with E-state index in [1.165, 1.54) is 10.4 Å². The number of piperidine rings is 1. The van der Waals surface area contributed by atoms with Gasteiger partial charge in [0.1, 0.15) is 15.8 Å². The third kappa shape index (κ3) is 3.06. The van der Waals surface area contributed by atoms with Crippen LogP contribution in [-0.4, -0.2) is 38.7 Å². The van der Waals surface area contributed by atoms with Crippen molar-refractivity contribution in [2.24, 2.45) is 0 Å². The first-order chi connectivity index (χ1) is 9.85. The van der Waals surface area contributed by atoms with Gasteiger partial charge in [0.25, 0.3) is 0 Å². The highest BCUT2D eigenvalue weighted by Crippen LogP contribution is 2.33. The fourth-order valence-electron chi connectivity index (χ4n) is 2.71. The predicted molar refractivity (Wildman–Crippen MR) is 87.0 cm³/mol. The molecule has 0 aliphatic carbocycles. The van der Waals surface area contributed by atoms with Crippen LogP contribution in [0.1, 0.15) is 36.0 Å². The van der Waals surface area contributed by atoms with Crippen molar-refractivity contribution < 1.29 is 5.11 Å². The molecule has 0 amide bonds. The molecule has 3 heterocycles. The minimum absolute atomic E-state index is 0.527. The van der Waals surface area contributed by atoms with Gasteiger partial charge in [-0.2, -0.15) is 0 Å². The second-order valence-corrected chi connectivity index (χ2v) is 7.73. The maximum atomic E-state index is 10.00. The van der Waals surface area contributed by atoms with Gasteiger partial charge >= 0.3 is 0 Å². The molecular formula is C15H20ClN3OS. The Morgan fingerprint density at radius 3 is 2.62 bits per heavy atom. The van der Waals surface area contributed by atoms with E-state index in [9.17, 15) is 5.11 Å². The quantitative estimate of drug-likeness (QED) is 0.861. The second kappa shape index (κ2) is 5.47. The molecule has 2 aromatic rings. The van der Waals surface area contributed by atoms with Crippen molar-refractivity contribution in [1.29, 1.82) is 0 Å². The molecule has 0 atom stereocenters. The van der Waals surface area contributed by atoms with E-state index in [0.717, 1.165) is 42.0 Å². The van der Waals surface area contributed by atoms with Crippen molar-refractivity contribution in [1.82, 2.24) is 14.9 Å². The van der Waals surface area contributed by atoms with Crippen LogP contribution in [0, 0.1) is 13.8 Å². The predicted octanol–water partition coefficient (Wildman–Crippen LogP) is 3.31. The molecule has 0 unspecified atom stereocenters. The van der Waals surface area contributed by atoms with Crippen molar-refractivity contribution in [3.05, 3.63) is 21.4 Å². The van der Waals surface area contributed by atoms with Crippen molar-refractivity contribution in [2.75, 3.05) is 13.1 Å². The molecule has 21 heavy (non-hydrogen) atoms. The zero-order valence-electron chi connectivity index (χ0n) is 12.6. The van der Waals surface area contributed by atoms with Crippen LogP contribution in [0.3, 0.4) is 0 Å². The number of hydrogen-bond acceptors (Lipinski definition) is 5. The molecule has 6 heteroatoms. The molecule has 0 saturated carbocycles. The third-order valence-corrected chi connectivity index (χ3v) is 5.70. The number of aromatic nitrogens is 2. The van der Waals surface area contributed by atoms with Crippen LogP contribution in [0.4, 0.5) is 0 Å². The van der Waals surface area contributed by atoms with E-state index in [1.807, 2.05) is 6.92 Å². The lowest BCUT2D eigenvalue weighted by Crippen LogP contribution is -2.42. The Balaban J connectivity index is 1.82. The van der Waals surface area contributed by atoms with Crippen LogP contribution < -0.4 is 0 Å². The summed E-state index contributed by atoms with van der Waals surface area (Å²) in [5.74, 6) is 0.773. The summed E-state index contributed by atoms with van der Waals surface area (Å²) in [5.41, 5.74) is 0.654. The van der Waals surface area contributed by atoms with Gasteiger partial charge in [-0.05, 0) is 39.2 Å². The first-order valence-electron chi connectivity index (χ1n) is 7.22. The fourth-order valence-corrected chi connectivity index (χ4v) is 4.14. The summed E-state index contributed by atoms with van der Waals surface area (Å²) in [6.07, 6.45) is 1.58. The van der Waals surface area contributed by atoms with Crippen LogP contribution in [0.15, 0.2) is 0 Å². The van der Waals surface area contributed by atoms with Crippen LogP contribution in [0.2, 0.25) is 5.15 Å². The molecule has 114 valence electrons. The number of thiophene rings is 1. The summed E-state index contributed by atoms with van der Waals surface area (Å²) in [6, 6.07) is 0. The van der Waals surface area contributed by atoms with Gasteiger partial charge in [-0.25, -0.2) is 9.97 Å². The summed E-state index contributed by atoms with van der Waals surface area (Å²) in [5, 5.41) is 11.5. The second-order valence-electron chi connectivity index (χ2n) is 6.17. The van der Waals surface area contributed by atoms with Crippen molar-refractivity contribution in [3.63, 3.8) is 0 Å². The molecule has 4 nitrogen and oxygen atoms in total. The number of halogens is 1. The average molecular weight is 326 g/mol. The molecule has 2 aromatic heterocycles. The van der Waals surface area contributed by atoms with Crippen LogP contribution in [0.5, 0.6) is 0 Å². The maximum Gasteiger partial charge on any atom is 0.145 e. The standard InChI is InChI=1S/C15H20ClN3OS/c1-9-10(2)21-14-12(9)13(16)17-11(18-14)8-19-6-4-15(3,20)5-7-19/h20H,4-8H2,1-3H3. The fraction of sp³-hybridized carbons (Fsp3) is 0.600. The molecule has 3 rings (SSSR count). The van der Waals surface area contributed by atoms with Gasteiger partial charge in [0.05, 0.1) is 17.5 Å². The Hall–Kier alpha value is -0.750. The van der Waals surface area contributed by atoms with E-state index in [1.54, 1.807) is 11.3 Å². The highest BCUT2D eigenvalue weighted by molar-refractivity contribution is 7.18. The summed E-state index contributed by atoms with van der Waals surface area (Å²) < 4.78 is 0. The Morgan fingerprint density at radius 2 is 1.95 bits per heavy atom. The van der Waals surface area contributed by atoms with E-state index in [0.29, 0.717) is 11.7 Å². The third-order valence-electron chi connectivity index (χ3n) is 4.33. The Bertz CT molecular complexity index is 673. The van der Waals surface area contributed by atoms with Crippen LogP contribution >= 0.6 is 22.9 Å². The number of nitrogens with zero attached hydrogens (tertiary/aromatic N) is 3. The molecule has 1 aliphatic rings. The van der Waals surface area contributed by atoms with Crippen molar-refractivity contribution in [3.8, 4) is 0 Å². The summed E-state index contributed by atoms with van der Waals surface area (Å²) in [7, 11) is 0. The first-order valence-corrected chi connectivity index (χ1v) is 8.42. The molecular weight excluding hydrogens is 306 g/mol. The Kier molecular flexibility index (Phi) is 3.94. The number of likely N-dealkylation sites (tertiary alicyclic amines) is 1. The molecule has 1 fully saturated rings. The molecule has 1 aliphatic heterocycles. The number of fused-ring (bicyclic) bond motifs is 1. The number of hydrogen-bond donors (Lipinski definition) is 1. The zero-order chi connectivity index (χ0) is 15.2. The zero-order valence-corrected chi connectivity index (χ0v) is 14.2. The maximum absolute atomic E-state index is 10.00. The van der Waals surface area contributed by atoms with Gasteiger partial charge in [0.15, 0.2) is 0 Å². The normalized spacial score (nSPS) is 19.3. The monoisotopic (exact) mass is 325 g/mol. The lowest BCUT2D eigenvalue weighted by Gasteiger charge is -2.35. The molecule has 0 bridgehead atoms. The molecule has 1 saturated heterocycles. The summed E-state index contributed by atoms with van der Waals surface area (Å²) >= 11 is 8.02. The van der Waals surface area contributed by atoms with E-state index in [-0.39, 0.29) is 0 Å². The van der Waals surface area contributed by atoms with E-state index >= 15 is 0 Å². The molecule has 1 N–H and O–H groups in total. The average Bonchev–Trinajstić information content (AvgIpc) is 2.68. The first kappa shape index (κ1) is 15.2. The lowest BCUT2D eigenvalue weighted by atomic mass is 9.94. The van der Waals surface area contributed by atoms with E-state index in [4.69, 9.17) is 11.6 Å². The van der Waals surface area contributed by atoms with Gasteiger partial charge < -0.3 is 5.11 Å². The number of aliphatic hydroxyl groups is 1. The highest BCUT2D eigenvalue weighted by atomic mass is 35.5. The molecule has 0 aromatic carbocycles. The van der Waals surface area contributed by atoms with Crippen LogP contribution in [0.25, 0.3) is 10.2 Å². The van der Waals surface area contributed by atoms with Gasteiger partial charge in [0, 0.05) is 18.0 Å². The lowest BCUT2D eigenvalue weighted by molar-refractivity contribution is -0.00785. The van der Waals surface area contributed by atoms with Crippen molar-refractivity contribution >= 4 is 33.2 Å².